The maximum Gasteiger partial charge on any atom is 0.315 e. The molecule has 114 valence electrons. The van der Waals surface area contributed by atoms with Crippen molar-refractivity contribution in [2.75, 3.05) is 6.54 Å². The summed E-state index contributed by atoms with van der Waals surface area (Å²) in [6.45, 7) is 0.314. The quantitative estimate of drug-likeness (QED) is 0.830. The number of carbonyl (C=O) groups is 1. The minimum atomic E-state index is -1.14. The molecule has 0 spiro atoms. The Morgan fingerprint density at radius 2 is 2.00 bits per heavy atom. The summed E-state index contributed by atoms with van der Waals surface area (Å²) < 4.78 is 14.2. The lowest BCUT2D eigenvalue weighted by Gasteiger charge is -2.24. The monoisotopic (exact) mass is 318 g/mol. The van der Waals surface area contributed by atoms with Crippen LogP contribution in [0, 0.1) is 5.92 Å². The predicted octanol–water partition coefficient (Wildman–Crippen LogP) is 3.70. The third-order valence-corrected chi connectivity index (χ3v) is 4.29. The second-order valence-corrected chi connectivity index (χ2v) is 5.88. The molecule has 3 rings (SSSR count). The Hall–Kier alpha value is -2.07. The van der Waals surface area contributed by atoms with Gasteiger partial charge in [-0.1, -0.05) is 54.1 Å². The van der Waals surface area contributed by atoms with E-state index in [1.165, 1.54) is 11.0 Å². The van der Waals surface area contributed by atoms with Crippen LogP contribution in [0.3, 0.4) is 0 Å². The van der Waals surface area contributed by atoms with Crippen molar-refractivity contribution in [2.24, 2.45) is 11.7 Å². The van der Waals surface area contributed by atoms with E-state index in [0.29, 0.717) is 11.6 Å². The number of hydrogen-bond acceptors (Lipinski definition) is 1. The molecule has 22 heavy (non-hydrogen) atoms. The maximum absolute atomic E-state index is 14.2. The lowest BCUT2D eigenvalue weighted by Crippen LogP contribution is -2.36. The number of nitrogens with two attached hydrogens (primary N) is 1. The van der Waals surface area contributed by atoms with Crippen LogP contribution in [0.1, 0.15) is 11.6 Å². The van der Waals surface area contributed by atoms with E-state index in [1.807, 2.05) is 36.4 Å². The lowest BCUT2D eigenvalue weighted by atomic mass is 9.90. The van der Waals surface area contributed by atoms with Gasteiger partial charge in [0.15, 0.2) is 0 Å². The molecule has 3 atom stereocenters. The van der Waals surface area contributed by atoms with Crippen molar-refractivity contribution < 1.29 is 9.18 Å². The first-order valence-corrected chi connectivity index (χ1v) is 7.45. The molecule has 0 aromatic heterocycles. The Labute approximate surface area is 133 Å². The fourth-order valence-electron chi connectivity index (χ4n) is 2.93. The minimum Gasteiger partial charge on any atom is -0.351 e. The van der Waals surface area contributed by atoms with Crippen LogP contribution in [0.2, 0.25) is 0 Å². The van der Waals surface area contributed by atoms with Gasteiger partial charge >= 0.3 is 6.03 Å². The number of rotatable bonds is 2. The van der Waals surface area contributed by atoms with Crippen molar-refractivity contribution >= 4 is 17.6 Å². The molecule has 3 unspecified atom stereocenters. The zero-order valence-electron chi connectivity index (χ0n) is 11.8. The first-order valence-electron chi connectivity index (χ1n) is 7.07. The molecule has 0 bridgehead atoms. The third kappa shape index (κ3) is 2.79. The highest BCUT2D eigenvalue weighted by atomic mass is 35.5. The molecule has 0 saturated heterocycles. The van der Waals surface area contributed by atoms with Gasteiger partial charge in [0.25, 0.3) is 0 Å². The molecule has 2 amide bonds. The van der Waals surface area contributed by atoms with E-state index in [1.54, 1.807) is 12.2 Å². The molecule has 5 heteroatoms. The average Bonchev–Trinajstić information content (AvgIpc) is 2.96. The van der Waals surface area contributed by atoms with Crippen LogP contribution in [0.4, 0.5) is 9.18 Å². The van der Waals surface area contributed by atoms with Gasteiger partial charge in [-0.05, 0) is 23.3 Å². The number of benzene rings is 1. The zero-order chi connectivity index (χ0) is 15.7. The Morgan fingerprint density at radius 3 is 2.68 bits per heavy atom. The average molecular weight is 319 g/mol. The number of halogens is 2. The number of alkyl halides is 1. The normalized spacial score (nSPS) is 27.5. The van der Waals surface area contributed by atoms with Gasteiger partial charge in [0.05, 0.1) is 6.04 Å². The van der Waals surface area contributed by atoms with Gasteiger partial charge in [-0.25, -0.2) is 9.18 Å². The van der Waals surface area contributed by atoms with Crippen molar-refractivity contribution in [3.63, 3.8) is 0 Å². The van der Waals surface area contributed by atoms with Gasteiger partial charge in [0, 0.05) is 17.5 Å². The summed E-state index contributed by atoms with van der Waals surface area (Å²) in [6, 6.07) is 8.78. The first kappa shape index (κ1) is 14.9. The third-order valence-electron chi connectivity index (χ3n) is 4.03. The van der Waals surface area contributed by atoms with Gasteiger partial charge in [-0.3, -0.25) is 0 Å². The number of nitrogens with zero attached hydrogens (tertiary/aromatic N) is 1. The molecule has 1 aliphatic heterocycles. The van der Waals surface area contributed by atoms with Crippen LogP contribution in [0.5, 0.6) is 0 Å². The molecular formula is C17H16ClFN2O. The molecule has 0 radical (unpaired) electrons. The van der Waals surface area contributed by atoms with Crippen LogP contribution < -0.4 is 5.73 Å². The smallest absolute Gasteiger partial charge is 0.315 e. The standard InChI is InChI=1S/C17H16ClFN2O/c18-13-6-7-15(19)14(9-13)12-8-16(21(10-12)17(20)22)11-4-2-1-3-5-11/h1-9,14-16H,10H2,(H2,20,22). The van der Waals surface area contributed by atoms with Crippen LogP contribution >= 0.6 is 11.6 Å². The summed E-state index contributed by atoms with van der Waals surface area (Å²) in [5.74, 6) is -0.451. The Morgan fingerprint density at radius 1 is 1.27 bits per heavy atom. The number of carbonyl (C=O) groups excluding carboxylic acids is 1. The van der Waals surface area contributed by atoms with E-state index in [2.05, 4.69) is 0 Å². The number of allylic oxidation sites excluding steroid dienone is 4. The number of hydrogen-bond donors (Lipinski definition) is 1. The van der Waals surface area contributed by atoms with Crippen LogP contribution in [0.25, 0.3) is 0 Å². The Balaban J connectivity index is 1.93. The number of primary amides is 1. The van der Waals surface area contributed by atoms with Crippen LogP contribution in [-0.2, 0) is 0 Å². The molecule has 1 aromatic carbocycles. The molecule has 0 fully saturated rings. The lowest BCUT2D eigenvalue weighted by molar-refractivity contribution is 0.205. The molecule has 3 nitrogen and oxygen atoms in total. The van der Waals surface area contributed by atoms with Crippen molar-refractivity contribution in [1.82, 2.24) is 4.90 Å². The maximum atomic E-state index is 14.2. The van der Waals surface area contributed by atoms with Crippen LogP contribution in [0.15, 0.2) is 65.2 Å². The topological polar surface area (TPSA) is 46.3 Å². The second-order valence-electron chi connectivity index (χ2n) is 5.44. The van der Waals surface area contributed by atoms with Crippen molar-refractivity contribution in [1.29, 1.82) is 0 Å². The highest BCUT2D eigenvalue weighted by Gasteiger charge is 2.34. The molecule has 1 aliphatic carbocycles. The first-order chi connectivity index (χ1) is 10.6. The zero-order valence-corrected chi connectivity index (χ0v) is 12.6. The van der Waals surface area contributed by atoms with Gasteiger partial charge in [0.2, 0.25) is 0 Å². The molecule has 2 aliphatic rings. The Kier molecular flexibility index (Phi) is 4.03. The predicted molar refractivity (Wildman–Crippen MR) is 85.0 cm³/mol. The van der Waals surface area contributed by atoms with Crippen molar-refractivity contribution in [3.05, 3.63) is 70.8 Å². The summed E-state index contributed by atoms with van der Waals surface area (Å²) in [5.41, 5.74) is 7.26. The van der Waals surface area contributed by atoms with Crippen molar-refractivity contribution in [2.45, 2.75) is 12.2 Å². The van der Waals surface area contributed by atoms with E-state index >= 15 is 0 Å². The van der Waals surface area contributed by atoms with Gasteiger partial charge in [-0.2, -0.15) is 0 Å². The summed E-state index contributed by atoms with van der Waals surface area (Å²) in [5, 5.41) is 0.508. The van der Waals surface area contributed by atoms with E-state index in [-0.39, 0.29) is 6.04 Å². The summed E-state index contributed by atoms with van der Waals surface area (Å²) >= 11 is 5.98. The molecular weight excluding hydrogens is 303 g/mol. The van der Waals surface area contributed by atoms with Gasteiger partial charge in [0.1, 0.15) is 6.17 Å². The van der Waals surface area contributed by atoms with Gasteiger partial charge < -0.3 is 10.6 Å². The largest absolute Gasteiger partial charge is 0.351 e. The van der Waals surface area contributed by atoms with E-state index in [0.717, 1.165) is 11.1 Å². The van der Waals surface area contributed by atoms with E-state index in [4.69, 9.17) is 17.3 Å². The number of urea groups is 1. The summed E-state index contributed by atoms with van der Waals surface area (Å²) in [7, 11) is 0. The SMILES string of the molecule is NC(=O)N1CC(C2C=C(Cl)C=CC2F)=CC1c1ccccc1. The summed E-state index contributed by atoms with van der Waals surface area (Å²) in [4.78, 5) is 13.3. The fraction of sp³-hybridized carbons (Fsp3) is 0.235. The minimum absolute atomic E-state index is 0.265. The van der Waals surface area contributed by atoms with Gasteiger partial charge in [-0.15, -0.1) is 0 Å². The highest BCUT2D eigenvalue weighted by Crippen LogP contribution is 2.37. The Bertz CT molecular complexity index is 668. The second kappa shape index (κ2) is 5.97. The molecule has 1 heterocycles. The van der Waals surface area contributed by atoms with Crippen LogP contribution in [-0.4, -0.2) is 23.6 Å². The highest BCUT2D eigenvalue weighted by molar-refractivity contribution is 6.31. The van der Waals surface area contributed by atoms with Crippen molar-refractivity contribution in [3.8, 4) is 0 Å². The molecule has 2 N–H and O–H groups in total. The summed E-state index contributed by atoms with van der Waals surface area (Å²) in [6.07, 6.45) is 5.46. The number of amides is 2. The molecule has 0 saturated carbocycles. The molecule has 1 aromatic rings. The van der Waals surface area contributed by atoms with E-state index in [9.17, 15) is 9.18 Å². The fourth-order valence-corrected chi connectivity index (χ4v) is 3.14. The van der Waals surface area contributed by atoms with E-state index < -0.39 is 18.1 Å².